The zero-order valence-electron chi connectivity index (χ0n) is 20.8. The van der Waals surface area contributed by atoms with Crippen LogP contribution in [0.4, 0.5) is 23.4 Å². The number of aromatic nitrogens is 3. The number of hydrogen-bond donors (Lipinski definition) is 0. The van der Waals surface area contributed by atoms with Crippen molar-refractivity contribution in [2.24, 2.45) is 7.05 Å². The normalized spacial score (nSPS) is 19.6. The van der Waals surface area contributed by atoms with Crippen molar-refractivity contribution in [1.29, 1.82) is 5.26 Å². The van der Waals surface area contributed by atoms with Gasteiger partial charge in [0.2, 0.25) is 0 Å². The number of halogens is 4. The number of ether oxygens (including phenoxy) is 1. The zero-order chi connectivity index (χ0) is 27.1. The van der Waals surface area contributed by atoms with Gasteiger partial charge < -0.3 is 9.64 Å². The van der Waals surface area contributed by atoms with Crippen molar-refractivity contribution in [1.82, 2.24) is 19.4 Å². The SMILES string of the molecule is CCC1CN(c2nc(=O)n(C)c3ccc(C#N)nc23)[C@@H](C)CN1C(C)c1ccc(OC(F)(F)F)cc1F. The molecule has 0 saturated carbocycles. The third-order valence-electron chi connectivity index (χ3n) is 6.83. The molecule has 4 rings (SSSR count). The minimum Gasteiger partial charge on any atom is -0.406 e. The summed E-state index contributed by atoms with van der Waals surface area (Å²) in [5, 5.41) is 9.34. The second-order valence-electron chi connectivity index (χ2n) is 9.12. The fourth-order valence-electron chi connectivity index (χ4n) is 4.89. The monoisotopic (exact) mass is 518 g/mol. The molecule has 37 heavy (non-hydrogen) atoms. The van der Waals surface area contributed by atoms with Gasteiger partial charge in [-0.25, -0.2) is 14.2 Å². The molecule has 12 heteroatoms. The summed E-state index contributed by atoms with van der Waals surface area (Å²) in [6.07, 6.45) is -4.22. The lowest BCUT2D eigenvalue weighted by Crippen LogP contribution is -2.58. The molecule has 3 aromatic rings. The standard InChI is InChI=1S/C25H26F4N6O2/c1-5-17-13-34(23-22-21(33(4)24(36)32-23)9-6-16(11-30)31-22)14(2)12-35(17)15(3)19-8-7-18(10-20(19)26)37-25(27,28)29/h6-10,14-15,17H,5,12-13H2,1-4H3/t14-,15?,17?/m0/s1. The quantitative estimate of drug-likeness (QED) is 0.466. The number of alkyl halides is 3. The number of rotatable bonds is 5. The molecule has 0 spiro atoms. The Morgan fingerprint density at radius 3 is 2.57 bits per heavy atom. The number of pyridine rings is 1. The molecule has 1 saturated heterocycles. The highest BCUT2D eigenvalue weighted by Gasteiger charge is 2.37. The van der Waals surface area contributed by atoms with Gasteiger partial charge in [-0.15, -0.1) is 13.2 Å². The molecule has 0 bridgehead atoms. The van der Waals surface area contributed by atoms with Crippen LogP contribution >= 0.6 is 0 Å². The van der Waals surface area contributed by atoms with Crippen LogP contribution in [0.25, 0.3) is 11.0 Å². The van der Waals surface area contributed by atoms with Crippen molar-refractivity contribution in [3.8, 4) is 11.8 Å². The molecule has 0 aliphatic carbocycles. The van der Waals surface area contributed by atoms with E-state index in [1.54, 1.807) is 26.1 Å². The fourth-order valence-corrected chi connectivity index (χ4v) is 4.89. The van der Waals surface area contributed by atoms with E-state index in [1.165, 1.54) is 10.6 Å². The highest BCUT2D eigenvalue weighted by atomic mass is 19.4. The summed E-state index contributed by atoms with van der Waals surface area (Å²) in [6.45, 7) is 6.65. The molecule has 1 aromatic carbocycles. The maximum absolute atomic E-state index is 14.9. The van der Waals surface area contributed by atoms with E-state index in [2.05, 4.69) is 19.6 Å². The van der Waals surface area contributed by atoms with Crippen molar-refractivity contribution in [3.63, 3.8) is 0 Å². The van der Waals surface area contributed by atoms with Crippen molar-refractivity contribution >= 4 is 16.9 Å². The molecule has 1 aliphatic heterocycles. The summed E-state index contributed by atoms with van der Waals surface area (Å²) in [4.78, 5) is 25.4. The molecule has 196 valence electrons. The molecule has 2 unspecified atom stereocenters. The average Bonchev–Trinajstić information content (AvgIpc) is 2.84. The third kappa shape index (κ3) is 5.22. The second kappa shape index (κ2) is 9.97. The first kappa shape index (κ1) is 26.3. The van der Waals surface area contributed by atoms with E-state index in [9.17, 15) is 27.6 Å². The largest absolute Gasteiger partial charge is 0.573 e. The van der Waals surface area contributed by atoms with E-state index in [0.717, 1.165) is 12.1 Å². The van der Waals surface area contributed by atoms with Crippen LogP contribution in [0.1, 0.15) is 44.5 Å². The second-order valence-corrected chi connectivity index (χ2v) is 9.12. The summed E-state index contributed by atoms with van der Waals surface area (Å²) in [6, 6.07) is 7.70. The molecule has 1 fully saturated rings. The number of benzene rings is 1. The highest BCUT2D eigenvalue weighted by molar-refractivity contribution is 5.86. The lowest BCUT2D eigenvalue weighted by atomic mass is 9.98. The topological polar surface area (TPSA) is 87.3 Å². The van der Waals surface area contributed by atoms with Gasteiger partial charge in [-0.3, -0.25) is 9.47 Å². The number of piperazine rings is 1. The van der Waals surface area contributed by atoms with Gasteiger partial charge >= 0.3 is 12.1 Å². The highest BCUT2D eigenvalue weighted by Crippen LogP contribution is 2.34. The minimum atomic E-state index is -4.90. The van der Waals surface area contributed by atoms with E-state index >= 15 is 0 Å². The first-order valence-corrected chi connectivity index (χ1v) is 11.8. The Morgan fingerprint density at radius 2 is 1.95 bits per heavy atom. The Hall–Kier alpha value is -3.72. The lowest BCUT2D eigenvalue weighted by molar-refractivity contribution is -0.274. The summed E-state index contributed by atoms with van der Waals surface area (Å²) in [7, 11) is 1.59. The molecule has 1 aliphatic rings. The molecule has 0 amide bonds. The number of anilines is 1. The van der Waals surface area contributed by atoms with Crippen molar-refractivity contribution in [3.05, 3.63) is 57.9 Å². The first-order valence-electron chi connectivity index (χ1n) is 11.8. The summed E-state index contributed by atoms with van der Waals surface area (Å²) < 4.78 is 57.6. The summed E-state index contributed by atoms with van der Waals surface area (Å²) in [5.41, 5.74) is 0.998. The molecular weight excluding hydrogens is 492 g/mol. The van der Waals surface area contributed by atoms with Gasteiger partial charge in [0.15, 0.2) is 5.82 Å². The predicted octanol–water partition coefficient (Wildman–Crippen LogP) is 4.29. The van der Waals surface area contributed by atoms with Gasteiger partial charge in [0.05, 0.1) is 5.52 Å². The van der Waals surface area contributed by atoms with Crippen LogP contribution in [0, 0.1) is 17.1 Å². The van der Waals surface area contributed by atoms with Gasteiger partial charge in [-0.05, 0) is 38.5 Å². The number of aryl methyl sites for hydroxylation is 1. The van der Waals surface area contributed by atoms with Gasteiger partial charge in [-0.2, -0.15) is 10.2 Å². The number of nitrogens with zero attached hydrogens (tertiary/aromatic N) is 6. The number of nitriles is 1. The lowest BCUT2D eigenvalue weighted by Gasteiger charge is -2.48. The Labute approximate surface area is 210 Å². The van der Waals surface area contributed by atoms with E-state index in [1.807, 2.05) is 24.8 Å². The summed E-state index contributed by atoms with van der Waals surface area (Å²) >= 11 is 0. The van der Waals surface area contributed by atoms with E-state index in [0.29, 0.717) is 36.4 Å². The maximum atomic E-state index is 14.9. The van der Waals surface area contributed by atoms with Gasteiger partial charge in [0.1, 0.15) is 28.8 Å². The molecule has 3 heterocycles. The smallest absolute Gasteiger partial charge is 0.406 e. The van der Waals surface area contributed by atoms with Gasteiger partial charge in [0.25, 0.3) is 0 Å². The maximum Gasteiger partial charge on any atom is 0.573 e. The van der Waals surface area contributed by atoms with E-state index in [-0.39, 0.29) is 23.3 Å². The Morgan fingerprint density at radius 1 is 1.22 bits per heavy atom. The molecule has 2 aromatic heterocycles. The first-order chi connectivity index (χ1) is 17.4. The van der Waals surface area contributed by atoms with Gasteiger partial charge in [0, 0.05) is 49.9 Å². The molecular formula is C25H26F4N6O2. The number of hydrogen-bond acceptors (Lipinski definition) is 7. The van der Waals surface area contributed by atoms with Crippen molar-refractivity contribution in [2.75, 3.05) is 18.0 Å². The minimum absolute atomic E-state index is 0.0863. The van der Waals surface area contributed by atoms with Crippen molar-refractivity contribution in [2.45, 2.75) is 51.7 Å². The van der Waals surface area contributed by atoms with Crippen LogP contribution in [-0.4, -0.2) is 51.0 Å². The third-order valence-corrected chi connectivity index (χ3v) is 6.83. The van der Waals surface area contributed by atoms with Crippen LogP contribution in [0.3, 0.4) is 0 Å². The molecule has 0 N–H and O–H groups in total. The average molecular weight is 519 g/mol. The van der Waals surface area contributed by atoms with E-state index < -0.39 is 29.7 Å². The summed E-state index contributed by atoms with van der Waals surface area (Å²) in [5.74, 6) is -1.01. The Balaban J connectivity index is 1.66. The van der Waals surface area contributed by atoms with Crippen LogP contribution in [0.2, 0.25) is 0 Å². The van der Waals surface area contributed by atoms with Crippen LogP contribution in [0.15, 0.2) is 35.1 Å². The zero-order valence-corrected chi connectivity index (χ0v) is 20.8. The molecule has 8 nitrogen and oxygen atoms in total. The van der Waals surface area contributed by atoms with Crippen molar-refractivity contribution < 1.29 is 22.3 Å². The van der Waals surface area contributed by atoms with E-state index in [4.69, 9.17) is 0 Å². The Bertz CT molecular complexity index is 1420. The Kier molecular flexibility index (Phi) is 7.10. The van der Waals surface area contributed by atoms with Gasteiger partial charge in [-0.1, -0.05) is 13.0 Å². The molecule has 3 atom stereocenters. The van der Waals surface area contributed by atoms with Crippen LogP contribution in [0.5, 0.6) is 5.75 Å². The predicted molar refractivity (Wildman–Crippen MR) is 129 cm³/mol. The number of fused-ring (bicyclic) bond motifs is 1. The fraction of sp³-hybridized carbons (Fsp3) is 0.440. The van der Waals surface area contributed by atoms with Crippen LogP contribution < -0.4 is 15.3 Å². The van der Waals surface area contributed by atoms with Crippen LogP contribution in [-0.2, 0) is 7.05 Å². The molecule has 0 radical (unpaired) electrons.